The highest BCUT2D eigenvalue weighted by molar-refractivity contribution is 6.11. The number of carbonyl (C=O) groups excluding carboxylic acids is 1. The predicted octanol–water partition coefficient (Wildman–Crippen LogP) is 5.59. The zero-order valence-corrected chi connectivity index (χ0v) is 21.7. The topological polar surface area (TPSA) is 95.0 Å². The Kier molecular flexibility index (Phi) is 6.69. The molecule has 5 aromatic rings. The number of fused-ring (bicyclic) bond motifs is 4. The fourth-order valence-electron chi connectivity index (χ4n) is 5.47. The van der Waals surface area contributed by atoms with Crippen LogP contribution in [0.2, 0.25) is 0 Å². The van der Waals surface area contributed by atoms with Gasteiger partial charge in [-0.2, -0.15) is 0 Å². The summed E-state index contributed by atoms with van der Waals surface area (Å²) >= 11 is 0. The van der Waals surface area contributed by atoms with Crippen molar-refractivity contribution in [3.8, 4) is 22.8 Å². The molecule has 7 nitrogen and oxygen atoms in total. The van der Waals surface area contributed by atoms with Crippen LogP contribution in [0.3, 0.4) is 0 Å². The molecule has 1 aliphatic rings. The number of benzene rings is 4. The van der Waals surface area contributed by atoms with Crippen LogP contribution in [-0.2, 0) is 11.2 Å². The third-order valence-electron chi connectivity index (χ3n) is 7.30. The Morgan fingerprint density at radius 2 is 1.87 bits per heavy atom. The van der Waals surface area contributed by atoms with E-state index < -0.39 is 0 Å². The van der Waals surface area contributed by atoms with Gasteiger partial charge in [-0.25, -0.2) is 0 Å². The number of nitrogens with one attached hydrogen (secondary N) is 1. The molecule has 0 saturated heterocycles. The summed E-state index contributed by atoms with van der Waals surface area (Å²) in [6.45, 7) is 3.72. The number of amides is 1. The molecule has 4 aromatic carbocycles. The third kappa shape index (κ3) is 4.71. The van der Waals surface area contributed by atoms with E-state index >= 15 is 0 Å². The van der Waals surface area contributed by atoms with Crippen LogP contribution < -0.4 is 9.64 Å². The molecule has 0 radical (unpaired) electrons. The molecule has 3 N–H and O–H groups in total. The summed E-state index contributed by atoms with van der Waals surface area (Å²) in [5, 5.41) is 22.3. The number of aryl methyl sites for hydroxylation is 1. The number of hydrogen-bond acceptors (Lipinski definition) is 5. The third-order valence-corrected chi connectivity index (χ3v) is 7.30. The van der Waals surface area contributed by atoms with E-state index in [4.69, 9.17) is 14.6 Å². The van der Waals surface area contributed by atoms with Crippen LogP contribution in [0.5, 0.6) is 11.5 Å². The Hall–Kier alpha value is -4.33. The van der Waals surface area contributed by atoms with E-state index in [1.165, 1.54) is 0 Å². The van der Waals surface area contributed by atoms with Crippen LogP contribution >= 0.6 is 0 Å². The molecule has 1 aromatic heterocycles. The first-order valence-corrected chi connectivity index (χ1v) is 13.1. The Balaban J connectivity index is 1.25. The summed E-state index contributed by atoms with van der Waals surface area (Å²) < 4.78 is 11.0. The average Bonchev–Trinajstić information content (AvgIpc) is 3.57. The second kappa shape index (κ2) is 10.4. The summed E-state index contributed by atoms with van der Waals surface area (Å²) in [4.78, 5) is 18.9. The van der Waals surface area contributed by atoms with Gasteiger partial charge in [0.2, 0.25) is 0 Å². The standard InChI is InChI=1S/C32H30N2O5/c1-20-4-2-7-26-30(36)19-29-25(31(20)26)10-11-34(29)32(37)22-8-9-27-23(16-22)18-28(33-27)21-5-3-6-24(17-21)39-15-14-38-13-12-35/h2-9,16-19,33,35-36H,10-15H2,1H3. The minimum atomic E-state index is -0.0791. The van der Waals surface area contributed by atoms with Gasteiger partial charge in [-0.1, -0.05) is 30.3 Å². The van der Waals surface area contributed by atoms with Gasteiger partial charge in [-0.3, -0.25) is 4.79 Å². The Morgan fingerprint density at radius 1 is 1.00 bits per heavy atom. The van der Waals surface area contributed by atoms with Gasteiger partial charge in [0.1, 0.15) is 18.1 Å². The van der Waals surface area contributed by atoms with Gasteiger partial charge in [0.05, 0.1) is 25.5 Å². The number of ether oxygens (including phenoxy) is 2. The Labute approximate surface area is 226 Å². The van der Waals surface area contributed by atoms with Gasteiger partial charge < -0.3 is 29.6 Å². The SMILES string of the molecule is Cc1cccc2c(O)cc3c(c12)CCN3C(=O)c1ccc2[nH]c(-c3cccc(OCCOCCO)c3)cc2c1. The number of phenols is 1. The van der Waals surface area contributed by atoms with E-state index in [1.54, 1.807) is 11.0 Å². The molecule has 6 rings (SSSR count). The van der Waals surface area contributed by atoms with E-state index in [0.29, 0.717) is 31.9 Å². The number of anilines is 1. The lowest BCUT2D eigenvalue weighted by molar-refractivity contribution is 0.0705. The number of nitrogens with zero attached hydrogens (tertiary/aromatic N) is 1. The van der Waals surface area contributed by atoms with Crippen molar-refractivity contribution < 1.29 is 24.5 Å². The minimum absolute atomic E-state index is 0.00498. The number of rotatable bonds is 8. The van der Waals surface area contributed by atoms with E-state index in [0.717, 1.165) is 61.9 Å². The molecule has 0 atom stereocenters. The zero-order valence-electron chi connectivity index (χ0n) is 21.7. The Morgan fingerprint density at radius 3 is 2.74 bits per heavy atom. The van der Waals surface area contributed by atoms with E-state index in [1.807, 2.05) is 73.7 Å². The molecule has 198 valence electrons. The molecule has 0 bridgehead atoms. The van der Waals surface area contributed by atoms with Gasteiger partial charge >= 0.3 is 0 Å². The van der Waals surface area contributed by atoms with Crippen molar-refractivity contribution >= 4 is 33.3 Å². The van der Waals surface area contributed by atoms with E-state index in [9.17, 15) is 9.90 Å². The van der Waals surface area contributed by atoms with E-state index in [2.05, 4.69) is 4.98 Å². The molecule has 1 amide bonds. The van der Waals surface area contributed by atoms with Crippen molar-refractivity contribution in [2.24, 2.45) is 0 Å². The molecule has 0 aliphatic carbocycles. The van der Waals surface area contributed by atoms with Crippen LogP contribution in [0.25, 0.3) is 32.9 Å². The number of aliphatic hydroxyl groups excluding tert-OH is 1. The summed E-state index contributed by atoms with van der Waals surface area (Å²) in [5.74, 6) is 0.847. The number of phenolic OH excluding ortho intramolecular Hbond substituents is 1. The molecule has 0 fully saturated rings. The van der Waals surface area contributed by atoms with E-state index in [-0.39, 0.29) is 18.3 Å². The highest BCUT2D eigenvalue weighted by atomic mass is 16.5. The van der Waals surface area contributed by atoms with Crippen LogP contribution in [-0.4, -0.2) is 54.1 Å². The molecular formula is C32H30N2O5. The van der Waals surface area contributed by atoms with Crippen molar-refractivity contribution in [1.29, 1.82) is 0 Å². The number of aromatic amines is 1. The number of aliphatic hydroxyl groups is 1. The second-order valence-electron chi connectivity index (χ2n) is 9.79. The van der Waals surface area contributed by atoms with Gasteiger partial charge in [0.25, 0.3) is 5.91 Å². The lowest BCUT2D eigenvalue weighted by Crippen LogP contribution is -2.28. The second-order valence-corrected chi connectivity index (χ2v) is 9.79. The van der Waals surface area contributed by atoms with Crippen molar-refractivity contribution in [3.05, 3.63) is 89.5 Å². The lowest BCUT2D eigenvalue weighted by Gasteiger charge is -2.19. The monoisotopic (exact) mass is 522 g/mol. The molecule has 2 heterocycles. The number of aromatic hydroxyl groups is 1. The zero-order chi connectivity index (χ0) is 26.9. The number of hydrogen-bond donors (Lipinski definition) is 3. The molecule has 0 spiro atoms. The van der Waals surface area contributed by atoms with Crippen LogP contribution in [0.15, 0.2) is 72.8 Å². The fraction of sp³-hybridized carbons (Fsp3) is 0.219. The first-order valence-electron chi connectivity index (χ1n) is 13.1. The molecule has 39 heavy (non-hydrogen) atoms. The van der Waals surface area contributed by atoms with Crippen LogP contribution in [0.4, 0.5) is 5.69 Å². The van der Waals surface area contributed by atoms with Crippen LogP contribution in [0, 0.1) is 6.92 Å². The smallest absolute Gasteiger partial charge is 0.258 e. The maximum Gasteiger partial charge on any atom is 0.258 e. The predicted molar refractivity (Wildman–Crippen MR) is 153 cm³/mol. The minimum Gasteiger partial charge on any atom is -0.507 e. The summed E-state index contributed by atoms with van der Waals surface area (Å²) in [6.07, 6.45) is 0.755. The van der Waals surface area contributed by atoms with Gasteiger partial charge in [-0.15, -0.1) is 0 Å². The molecule has 0 unspecified atom stereocenters. The first-order chi connectivity index (χ1) is 19.0. The van der Waals surface area contributed by atoms with Crippen LogP contribution in [0.1, 0.15) is 21.5 Å². The van der Waals surface area contributed by atoms with Gasteiger partial charge in [-0.05, 0) is 66.3 Å². The normalized spacial score (nSPS) is 12.8. The molecule has 1 aliphatic heterocycles. The number of H-pyrrole nitrogens is 1. The van der Waals surface area contributed by atoms with Crippen molar-refractivity contribution in [2.75, 3.05) is 37.9 Å². The largest absolute Gasteiger partial charge is 0.507 e. The fourth-order valence-corrected chi connectivity index (χ4v) is 5.47. The number of aromatic nitrogens is 1. The van der Waals surface area contributed by atoms with Gasteiger partial charge in [0.15, 0.2) is 0 Å². The summed E-state index contributed by atoms with van der Waals surface area (Å²) in [6, 6.07) is 23.2. The maximum absolute atomic E-state index is 13.7. The highest BCUT2D eigenvalue weighted by Gasteiger charge is 2.29. The summed E-state index contributed by atoms with van der Waals surface area (Å²) in [7, 11) is 0. The molecule has 7 heteroatoms. The molecule has 0 saturated carbocycles. The van der Waals surface area contributed by atoms with Crippen molar-refractivity contribution in [3.63, 3.8) is 0 Å². The molecular weight excluding hydrogens is 492 g/mol. The first kappa shape index (κ1) is 25.0. The van der Waals surface area contributed by atoms with Gasteiger partial charge in [0, 0.05) is 45.7 Å². The van der Waals surface area contributed by atoms with Crippen molar-refractivity contribution in [2.45, 2.75) is 13.3 Å². The number of carbonyl (C=O) groups is 1. The Bertz CT molecular complexity index is 1690. The highest BCUT2D eigenvalue weighted by Crippen LogP contribution is 2.41. The quantitative estimate of drug-likeness (QED) is 0.231. The maximum atomic E-state index is 13.7. The lowest BCUT2D eigenvalue weighted by atomic mass is 9.97. The van der Waals surface area contributed by atoms with Crippen molar-refractivity contribution in [1.82, 2.24) is 4.98 Å². The average molecular weight is 523 g/mol. The summed E-state index contributed by atoms with van der Waals surface area (Å²) in [5.41, 5.74) is 6.43.